The lowest BCUT2D eigenvalue weighted by Gasteiger charge is -2.05. The second-order valence-electron chi connectivity index (χ2n) is 4.71. The normalized spacial score (nSPS) is 13.2. The summed E-state index contributed by atoms with van der Waals surface area (Å²) in [5.74, 6) is -0.130. The molecule has 0 fully saturated rings. The van der Waals surface area contributed by atoms with E-state index in [1.54, 1.807) is 19.1 Å². The molecule has 1 aromatic heterocycles. The van der Waals surface area contributed by atoms with Crippen molar-refractivity contribution in [1.82, 2.24) is 4.98 Å². The van der Waals surface area contributed by atoms with Crippen LogP contribution in [0.15, 0.2) is 18.2 Å². The van der Waals surface area contributed by atoms with Gasteiger partial charge in [-0.3, -0.25) is 0 Å². The molecule has 0 saturated heterocycles. The Labute approximate surface area is 121 Å². The van der Waals surface area contributed by atoms with Crippen LogP contribution in [0.3, 0.4) is 0 Å². The third kappa shape index (κ3) is 2.29. The number of aromatic nitrogens is 1. The summed E-state index contributed by atoms with van der Waals surface area (Å²) >= 11 is 1.35. The molecule has 104 valence electrons. The minimum absolute atomic E-state index is 0.239. The Kier molecular flexibility index (Phi) is 3.44. The number of phenolic OH excluding ortho intramolecular Hbond substituents is 1. The van der Waals surface area contributed by atoms with Gasteiger partial charge in [-0.2, -0.15) is 0 Å². The first-order valence-electron chi connectivity index (χ1n) is 6.68. The standard InChI is InChI=1S/C15H15NO3S/c1-2-19-15(18)14-16-12-5-3-4-9-6-7-10(17)8-11(9)13(12)20-14/h6-8,17H,2-5H2,1H3. The van der Waals surface area contributed by atoms with Gasteiger partial charge >= 0.3 is 5.97 Å². The van der Waals surface area contributed by atoms with Crippen LogP contribution in [0.5, 0.6) is 5.75 Å². The number of aromatic hydroxyl groups is 1. The molecule has 0 amide bonds. The van der Waals surface area contributed by atoms with Gasteiger partial charge in [-0.1, -0.05) is 6.07 Å². The van der Waals surface area contributed by atoms with Crippen molar-refractivity contribution in [3.63, 3.8) is 0 Å². The highest BCUT2D eigenvalue weighted by molar-refractivity contribution is 7.17. The smallest absolute Gasteiger partial charge is 0.367 e. The molecular weight excluding hydrogens is 274 g/mol. The van der Waals surface area contributed by atoms with Gasteiger partial charge in [-0.05, 0) is 43.9 Å². The fourth-order valence-electron chi connectivity index (χ4n) is 2.45. The Hall–Kier alpha value is -1.88. The molecule has 1 aliphatic carbocycles. The number of nitrogens with zero attached hydrogens (tertiary/aromatic N) is 1. The molecule has 5 heteroatoms. The Balaban J connectivity index is 2.09. The Bertz CT molecular complexity index is 663. The lowest BCUT2D eigenvalue weighted by Crippen LogP contribution is -2.04. The van der Waals surface area contributed by atoms with Crippen LogP contribution in [-0.2, 0) is 17.6 Å². The highest BCUT2D eigenvalue weighted by Crippen LogP contribution is 2.38. The molecule has 1 aromatic carbocycles. The van der Waals surface area contributed by atoms with Crippen LogP contribution in [0, 0.1) is 0 Å². The first kappa shape index (κ1) is 13.1. The Morgan fingerprint density at radius 2 is 2.30 bits per heavy atom. The van der Waals surface area contributed by atoms with Crippen molar-refractivity contribution in [2.45, 2.75) is 26.2 Å². The molecule has 20 heavy (non-hydrogen) atoms. The molecule has 2 aromatic rings. The summed E-state index contributed by atoms with van der Waals surface area (Å²) < 4.78 is 5.01. The van der Waals surface area contributed by atoms with Gasteiger partial charge in [0.1, 0.15) is 5.75 Å². The number of rotatable bonds is 2. The first-order valence-corrected chi connectivity index (χ1v) is 7.49. The maximum Gasteiger partial charge on any atom is 0.367 e. The summed E-state index contributed by atoms with van der Waals surface area (Å²) in [5.41, 5.74) is 3.12. The predicted octanol–water partition coefficient (Wildman–Crippen LogP) is 3.18. The van der Waals surface area contributed by atoms with Gasteiger partial charge in [0.2, 0.25) is 5.01 Å². The lowest BCUT2D eigenvalue weighted by atomic mass is 10.0. The van der Waals surface area contributed by atoms with Crippen molar-refractivity contribution in [3.8, 4) is 16.2 Å². The van der Waals surface area contributed by atoms with E-state index in [0.29, 0.717) is 11.6 Å². The van der Waals surface area contributed by atoms with Crippen molar-refractivity contribution >= 4 is 17.3 Å². The number of aryl methyl sites for hydroxylation is 2. The number of carbonyl (C=O) groups excluding carboxylic acids is 1. The predicted molar refractivity (Wildman–Crippen MR) is 77.2 cm³/mol. The van der Waals surface area contributed by atoms with Gasteiger partial charge in [0.15, 0.2) is 0 Å². The van der Waals surface area contributed by atoms with Crippen LogP contribution in [0.1, 0.15) is 34.4 Å². The molecule has 4 nitrogen and oxygen atoms in total. The highest BCUT2D eigenvalue weighted by atomic mass is 32.1. The van der Waals surface area contributed by atoms with Gasteiger partial charge in [0, 0.05) is 5.56 Å². The number of fused-ring (bicyclic) bond motifs is 3. The summed E-state index contributed by atoms with van der Waals surface area (Å²) in [5, 5.41) is 10.1. The first-order chi connectivity index (χ1) is 9.69. The van der Waals surface area contributed by atoms with E-state index in [1.807, 2.05) is 6.07 Å². The van der Waals surface area contributed by atoms with E-state index in [9.17, 15) is 9.90 Å². The fraction of sp³-hybridized carbons (Fsp3) is 0.333. The summed E-state index contributed by atoms with van der Waals surface area (Å²) in [6.07, 6.45) is 2.81. The number of carbonyl (C=O) groups is 1. The average molecular weight is 289 g/mol. The third-order valence-corrected chi connectivity index (χ3v) is 4.46. The molecule has 1 N–H and O–H groups in total. The molecule has 3 rings (SSSR count). The number of esters is 1. The number of phenols is 1. The highest BCUT2D eigenvalue weighted by Gasteiger charge is 2.22. The molecule has 1 heterocycles. The van der Waals surface area contributed by atoms with Gasteiger partial charge in [-0.15, -0.1) is 11.3 Å². The average Bonchev–Trinajstić information content (AvgIpc) is 2.78. The third-order valence-electron chi connectivity index (χ3n) is 3.35. The van der Waals surface area contributed by atoms with Crippen molar-refractivity contribution in [2.24, 2.45) is 0 Å². The number of hydrogen-bond donors (Lipinski definition) is 1. The minimum atomic E-state index is -0.368. The van der Waals surface area contributed by atoms with Crippen LogP contribution in [-0.4, -0.2) is 22.7 Å². The molecule has 0 atom stereocenters. The molecule has 0 saturated carbocycles. The second kappa shape index (κ2) is 5.25. The van der Waals surface area contributed by atoms with Gasteiger partial charge in [0.05, 0.1) is 17.2 Å². The number of benzene rings is 1. The quantitative estimate of drug-likeness (QED) is 0.863. The molecular formula is C15H15NO3S. The zero-order valence-electron chi connectivity index (χ0n) is 11.2. The van der Waals surface area contributed by atoms with Gasteiger partial charge in [-0.25, -0.2) is 9.78 Å². The zero-order valence-corrected chi connectivity index (χ0v) is 12.0. The monoisotopic (exact) mass is 289 g/mol. The summed E-state index contributed by atoms with van der Waals surface area (Å²) in [6.45, 7) is 2.13. The number of ether oxygens (including phenoxy) is 1. The number of thiazole rings is 1. The number of hydrogen-bond acceptors (Lipinski definition) is 5. The maximum atomic E-state index is 11.8. The van der Waals surface area contributed by atoms with Crippen LogP contribution in [0.2, 0.25) is 0 Å². The van der Waals surface area contributed by atoms with E-state index in [4.69, 9.17) is 4.74 Å². The molecule has 0 radical (unpaired) electrons. The van der Waals surface area contributed by atoms with E-state index in [1.165, 1.54) is 16.9 Å². The van der Waals surface area contributed by atoms with Crippen molar-refractivity contribution in [3.05, 3.63) is 34.5 Å². The summed E-state index contributed by atoms with van der Waals surface area (Å²) in [7, 11) is 0. The van der Waals surface area contributed by atoms with E-state index >= 15 is 0 Å². The van der Waals surface area contributed by atoms with E-state index < -0.39 is 0 Å². The maximum absolute atomic E-state index is 11.8. The molecule has 0 spiro atoms. The van der Waals surface area contributed by atoms with E-state index in [2.05, 4.69) is 4.98 Å². The lowest BCUT2D eigenvalue weighted by molar-refractivity contribution is 0.0525. The van der Waals surface area contributed by atoms with Crippen molar-refractivity contribution in [1.29, 1.82) is 0 Å². The van der Waals surface area contributed by atoms with Crippen LogP contribution < -0.4 is 0 Å². The Morgan fingerprint density at radius 1 is 1.45 bits per heavy atom. The summed E-state index contributed by atoms with van der Waals surface area (Å²) in [6, 6.07) is 5.41. The Morgan fingerprint density at radius 3 is 3.10 bits per heavy atom. The summed E-state index contributed by atoms with van der Waals surface area (Å²) in [4.78, 5) is 17.2. The second-order valence-corrected chi connectivity index (χ2v) is 5.71. The fourth-order valence-corrected chi connectivity index (χ4v) is 3.51. The van der Waals surface area contributed by atoms with Crippen LogP contribution in [0.25, 0.3) is 10.4 Å². The van der Waals surface area contributed by atoms with Crippen molar-refractivity contribution in [2.75, 3.05) is 6.61 Å². The van der Waals surface area contributed by atoms with Crippen LogP contribution >= 0.6 is 11.3 Å². The van der Waals surface area contributed by atoms with Gasteiger partial charge < -0.3 is 9.84 Å². The van der Waals surface area contributed by atoms with E-state index in [0.717, 1.165) is 35.4 Å². The molecule has 0 unspecified atom stereocenters. The van der Waals surface area contributed by atoms with Crippen molar-refractivity contribution < 1.29 is 14.6 Å². The molecule has 0 aliphatic heterocycles. The topological polar surface area (TPSA) is 59.4 Å². The SMILES string of the molecule is CCOC(=O)c1nc2c(s1)-c1cc(O)ccc1CCC2. The van der Waals surface area contributed by atoms with Gasteiger partial charge in [0.25, 0.3) is 0 Å². The molecule has 0 bridgehead atoms. The largest absolute Gasteiger partial charge is 0.508 e. The zero-order chi connectivity index (χ0) is 14.1. The molecule has 1 aliphatic rings. The minimum Gasteiger partial charge on any atom is -0.508 e. The van der Waals surface area contributed by atoms with E-state index in [-0.39, 0.29) is 11.7 Å². The van der Waals surface area contributed by atoms with Crippen LogP contribution in [0.4, 0.5) is 0 Å².